The van der Waals surface area contributed by atoms with E-state index >= 15 is 0 Å². The number of unbranched alkanes of at least 4 members (excludes halogenated alkanes) is 1. The number of H-pyrrole nitrogens is 1. The Balaban J connectivity index is 2.43. The smallest absolute Gasteiger partial charge is 0.195 e. The average molecular weight is 296 g/mol. The Bertz CT molecular complexity index is 594. The summed E-state index contributed by atoms with van der Waals surface area (Å²) in [6.45, 7) is 7.32. The highest BCUT2D eigenvalue weighted by Crippen LogP contribution is 2.29. The number of rotatable bonds is 6. The van der Waals surface area contributed by atoms with Crippen LogP contribution in [0.4, 0.5) is 0 Å². The molecular formula is C13H20N4S2. The highest BCUT2D eigenvalue weighted by molar-refractivity contribution is 7.71. The van der Waals surface area contributed by atoms with Gasteiger partial charge in [0.15, 0.2) is 10.6 Å². The molecule has 0 radical (unpaired) electrons. The van der Waals surface area contributed by atoms with Gasteiger partial charge >= 0.3 is 0 Å². The molecule has 0 spiro atoms. The zero-order chi connectivity index (χ0) is 13.8. The van der Waals surface area contributed by atoms with Gasteiger partial charge in [0.2, 0.25) is 0 Å². The minimum Gasteiger partial charge on any atom is -0.299 e. The minimum absolute atomic E-state index is 0.706. The molecule has 6 heteroatoms. The predicted octanol–water partition coefficient (Wildman–Crippen LogP) is 4.13. The van der Waals surface area contributed by atoms with E-state index in [4.69, 9.17) is 12.2 Å². The SMILES string of the molecule is CCCCn1c(-c2sc(C)nc2CCC)n[nH]c1=S. The highest BCUT2D eigenvalue weighted by Gasteiger charge is 2.16. The standard InChI is InChI=1S/C13H20N4S2/c1-4-6-8-17-12(15-16-13(17)18)11-10(7-5-2)14-9(3)19-11/h4-8H2,1-3H3,(H,16,18). The van der Waals surface area contributed by atoms with E-state index in [9.17, 15) is 0 Å². The Morgan fingerprint density at radius 1 is 1.32 bits per heavy atom. The van der Waals surface area contributed by atoms with Gasteiger partial charge in [0, 0.05) is 6.54 Å². The van der Waals surface area contributed by atoms with Gasteiger partial charge in [-0.25, -0.2) is 4.98 Å². The van der Waals surface area contributed by atoms with Crippen molar-refractivity contribution in [2.75, 3.05) is 0 Å². The molecular weight excluding hydrogens is 276 g/mol. The fourth-order valence-electron chi connectivity index (χ4n) is 2.07. The second-order valence-corrected chi connectivity index (χ2v) is 6.21. The molecule has 0 aromatic carbocycles. The summed E-state index contributed by atoms with van der Waals surface area (Å²) in [6, 6.07) is 0. The van der Waals surface area contributed by atoms with Gasteiger partial charge in [0.05, 0.1) is 15.6 Å². The van der Waals surface area contributed by atoms with Gasteiger partial charge in [0.25, 0.3) is 0 Å². The molecule has 2 heterocycles. The molecule has 2 aromatic rings. The number of aryl methyl sites for hydroxylation is 2. The first-order chi connectivity index (χ1) is 9.17. The van der Waals surface area contributed by atoms with E-state index in [0.29, 0.717) is 4.77 Å². The molecule has 2 aromatic heterocycles. The predicted molar refractivity (Wildman–Crippen MR) is 82.2 cm³/mol. The summed E-state index contributed by atoms with van der Waals surface area (Å²) in [6.07, 6.45) is 4.35. The topological polar surface area (TPSA) is 46.5 Å². The first kappa shape index (κ1) is 14.4. The molecule has 0 saturated heterocycles. The van der Waals surface area contributed by atoms with Gasteiger partial charge in [-0.2, -0.15) is 5.10 Å². The van der Waals surface area contributed by atoms with Gasteiger partial charge in [-0.15, -0.1) is 11.3 Å². The second-order valence-electron chi connectivity index (χ2n) is 4.62. The summed E-state index contributed by atoms with van der Waals surface area (Å²) >= 11 is 7.04. The fraction of sp³-hybridized carbons (Fsp3) is 0.615. The third-order valence-electron chi connectivity index (χ3n) is 2.99. The number of hydrogen-bond acceptors (Lipinski definition) is 4. The van der Waals surface area contributed by atoms with Crippen molar-refractivity contribution in [3.8, 4) is 10.7 Å². The number of aromatic amines is 1. The summed E-state index contributed by atoms with van der Waals surface area (Å²) in [5.74, 6) is 0.951. The third-order valence-corrected chi connectivity index (χ3v) is 4.31. The van der Waals surface area contributed by atoms with Crippen molar-refractivity contribution in [1.82, 2.24) is 19.7 Å². The van der Waals surface area contributed by atoms with Crippen molar-refractivity contribution >= 4 is 23.6 Å². The van der Waals surface area contributed by atoms with E-state index in [1.54, 1.807) is 11.3 Å². The van der Waals surface area contributed by atoms with E-state index in [0.717, 1.165) is 48.8 Å². The molecule has 0 bridgehead atoms. The van der Waals surface area contributed by atoms with E-state index in [1.807, 2.05) is 6.92 Å². The van der Waals surface area contributed by atoms with Crippen molar-refractivity contribution in [3.63, 3.8) is 0 Å². The van der Waals surface area contributed by atoms with Crippen LogP contribution in [0.1, 0.15) is 43.8 Å². The molecule has 0 unspecified atom stereocenters. The number of nitrogens with zero attached hydrogens (tertiary/aromatic N) is 3. The quantitative estimate of drug-likeness (QED) is 0.815. The fourth-order valence-corrected chi connectivity index (χ4v) is 3.25. The Morgan fingerprint density at radius 2 is 2.11 bits per heavy atom. The van der Waals surface area contributed by atoms with Crippen LogP contribution in [0, 0.1) is 11.7 Å². The second kappa shape index (κ2) is 6.43. The van der Waals surface area contributed by atoms with Gasteiger partial charge in [-0.05, 0) is 32.0 Å². The minimum atomic E-state index is 0.706. The van der Waals surface area contributed by atoms with Crippen LogP contribution >= 0.6 is 23.6 Å². The molecule has 0 aliphatic carbocycles. The third kappa shape index (κ3) is 3.12. The summed E-state index contributed by atoms with van der Waals surface area (Å²) in [4.78, 5) is 5.79. The van der Waals surface area contributed by atoms with Crippen LogP contribution < -0.4 is 0 Å². The summed E-state index contributed by atoms with van der Waals surface area (Å²) in [7, 11) is 0. The number of aromatic nitrogens is 4. The monoisotopic (exact) mass is 296 g/mol. The molecule has 2 rings (SSSR count). The molecule has 1 N–H and O–H groups in total. The molecule has 0 atom stereocenters. The Hall–Kier alpha value is -1.01. The molecule has 0 aliphatic rings. The van der Waals surface area contributed by atoms with E-state index < -0.39 is 0 Å². The van der Waals surface area contributed by atoms with Gasteiger partial charge in [0.1, 0.15) is 0 Å². The Morgan fingerprint density at radius 3 is 2.79 bits per heavy atom. The molecule has 104 valence electrons. The lowest BCUT2D eigenvalue weighted by Crippen LogP contribution is -2.01. The van der Waals surface area contributed by atoms with Crippen molar-refractivity contribution in [2.45, 2.75) is 53.0 Å². The van der Waals surface area contributed by atoms with Gasteiger partial charge < -0.3 is 0 Å². The van der Waals surface area contributed by atoms with Crippen LogP contribution in [0.5, 0.6) is 0 Å². The highest BCUT2D eigenvalue weighted by atomic mass is 32.1. The van der Waals surface area contributed by atoms with Crippen LogP contribution in [-0.2, 0) is 13.0 Å². The van der Waals surface area contributed by atoms with Crippen LogP contribution in [0.25, 0.3) is 10.7 Å². The summed E-state index contributed by atoms with van der Waals surface area (Å²) in [5, 5.41) is 8.42. The maximum absolute atomic E-state index is 5.33. The molecule has 0 aliphatic heterocycles. The van der Waals surface area contributed by atoms with Crippen molar-refractivity contribution in [2.24, 2.45) is 0 Å². The van der Waals surface area contributed by atoms with Crippen LogP contribution in [0.2, 0.25) is 0 Å². The zero-order valence-corrected chi connectivity index (χ0v) is 13.3. The van der Waals surface area contributed by atoms with Gasteiger partial charge in [-0.3, -0.25) is 9.67 Å². The first-order valence-electron chi connectivity index (χ1n) is 6.79. The average Bonchev–Trinajstić information content (AvgIpc) is 2.91. The molecule has 0 amide bonds. The summed E-state index contributed by atoms with van der Waals surface area (Å²) in [5.41, 5.74) is 1.15. The molecule has 0 fully saturated rings. The lowest BCUT2D eigenvalue weighted by molar-refractivity contribution is 0.629. The van der Waals surface area contributed by atoms with Crippen molar-refractivity contribution in [3.05, 3.63) is 15.5 Å². The summed E-state index contributed by atoms with van der Waals surface area (Å²) < 4.78 is 2.81. The lowest BCUT2D eigenvalue weighted by atomic mass is 10.2. The zero-order valence-electron chi connectivity index (χ0n) is 11.7. The van der Waals surface area contributed by atoms with Gasteiger partial charge in [-0.1, -0.05) is 26.7 Å². The maximum Gasteiger partial charge on any atom is 0.195 e. The van der Waals surface area contributed by atoms with Crippen LogP contribution in [-0.4, -0.2) is 19.7 Å². The number of hydrogen-bond donors (Lipinski definition) is 1. The van der Waals surface area contributed by atoms with E-state index in [2.05, 4.69) is 33.6 Å². The van der Waals surface area contributed by atoms with Crippen molar-refractivity contribution in [1.29, 1.82) is 0 Å². The van der Waals surface area contributed by atoms with Crippen LogP contribution in [0.15, 0.2) is 0 Å². The maximum atomic E-state index is 5.33. The molecule has 0 saturated carbocycles. The number of thiazole rings is 1. The van der Waals surface area contributed by atoms with E-state index in [1.165, 1.54) is 4.88 Å². The first-order valence-corrected chi connectivity index (χ1v) is 8.01. The van der Waals surface area contributed by atoms with E-state index in [-0.39, 0.29) is 0 Å². The Kier molecular flexibility index (Phi) is 4.87. The Labute approximate surface area is 122 Å². The number of nitrogens with one attached hydrogen (secondary N) is 1. The van der Waals surface area contributed by atoms with Crippen LogP contribution in [0.3, 0.4) is 0 Å². The van der Waals surface area contributed by atoms with Crippen molar-refractivity contribution < 1.29 is 0 Å². The molecule has 4 nitrogen and oxygen atoms in total. The normalized spacial score (nSPS) is 11.1. The largest absolute Gasteiger partial charge is 0.299 e. The lowest BCUT2D eigenvalue weighted by Gasteiger charge is -2.05. The molecule has 19 heavy (non-hydrogen) atoms.